The van der Waals surface area contributed by atoms with Crippen molar-refractivity contribution < 1.29 is 22.7 Å². The molecule has 188 valence electrons. The molecule has 0 aliphatic carbocycles. The maximum Gasteiger partial charge on any atom is 0.310 e. The number of ether oxygens (including phenoxy) is 2. The van der Waals surface area contributed by atoms with Gasteiger partial charge in [0.15, 0.2) is 0 Å². The Morgan fingerprint density at radius 3 is 2.31 bits per heavy atom. The summed E-state index contributed by atoms with van der Waals surface area (Å²) in [6.07, 6.45) is -0.130. The van der Waals surface area contributed by atoms with Gasteiger partial charge < -0.3 is 9.47 Å². The van der Waals surface area contributed by atoms with Crippen molar-refractivity contribution >= 4 is 21.7 Å². The van der Waals surface area contributed by atoms with Crippen LogP contribution in [0.1, 0.15) is 57.7 Å². The molecule has 0 N–H and O–H groups in total. The standard InChI is InChI=1S/C27H34N2O5S/c1-18-8-11-22(12-9-18)35(31,32)29-16-21(15-27(6,7)17-28)33-23-13-10-20(19(2)25(23)29)14-24(30)34-26(3,4)5/h8-13,21H,14-16H2,1-7H3/t21-/m0/s1. The number of esters is 1. The Balaban J connectivity index is 2.08. The van der Waals surface area contributed by atoms with Gasteiger partial charge in [-0.2, -0.15) is 5.26 Å². The minimum atomic E-state index is -3.93. The number of hydrogen-bond donors (Lipinski definition) is 0. The summed E-state index contributed by atoms with van der Waals surface area (Å²) in [4.78, 5) is 12.7. The third kappa shape index (κ3) is 6.15. The fourth-order valence-corrected chi connectivity index (χ4v) is 5.68. The molecule has 35 heavy (non-hydrogen) atoms. The maximum absolute atomic E-state index is 13.8. The van der Waals surface area contributed by atoms with Gasteiger partial charge >= 0.3 is 5.97 Å². The Labute approximate surface area is 208 Å². The highest BCUT2D eigenvalue weighted by molar-refractivity contribution is 7.92. The van der Waals surface area contributed by atoms with Gasteiger partial charge in [-0.3, -0.25) is 9.10 Å². The highest BCUT2D eigenvalue weighted by Crippen LogP contribution is 2.42. The SMILES string of the molecule is Cc1ccc(S(=O)(=O)N2C[C@H](CC(C)(C)C#N)Oc3ccc(CC(=O)OC(C)(C)C)c(C)c32)cc1. The Hall–Kier alpha value is -3.05. The fourth-order valence-electron chi connectivity index (χ4n) is 4.12. The van der Waals surface area contributed by atoms with E-state index in [-0.39, 0.29) is 23.8 Å². The number of rotatable bonds is 6. The van der Waals surface area contributed by atoms with Gasteiger partial charge in [0, 0.05) is 6.42 Å². The van der Waals surface area contributed by atoms with Crippen LogP contribution in [0.15, 0.2) is 41.3 Å². The number of carbonyl (C=O) groups is 1. The second-order valence-corrected chi connectivity index (χ2v) is 12.6. The third-order valence-corrected chi connectivity index (χ3v) is 7.60. The zero-order valence-corrected chi connectivity index (χ0v) is 22.3. The van der Waals surface area contributed by atoms with Crippen LogP contribution in [0, 0.1) is 30.6 Å². The summed E-state index contributed by atoms with van der Waals surface area (Å²) in [7, 11) is -3.93. The first-order chi connectivity index (χ1) is 16.1. The van der Waals surface area contributed by atoms with Crippen LogP contribution in [0.5, 0.6) is 5.75 Å². The Morgan fingerprint density at radius 1 is 1.11 bits per heavy atom. The monoisotopic (exact) mass is 498 g/mol. The Bertz CT molecular complexity index is 1250. The highest BCUT2D eigenvalue weighted by Gasteiger charge is 2.38. The number of aryl methyl sites for hydroxylation is 1. The van der Waals surface area contributed by atoms with E-state index in [0.717, 1.165) is 5.56 Å². The van der Waals surface area contributed by atoms with E-state index in [1.54, 1.807) is 77.9 Å². The summed E-state index contributed by atoms with van der Waals surface area (Å²) in [6, 6.07) is 12.4. The first-order valence-electron chi connectivity index (χ1n) is 11.6. The van der Waals surface area contributed by atoms with Crippen LogP contribution >= 0.6 is 0 Å². The summed E-state index contributed by atoms with van der Waals surface area (Å²) >= 11 is 0. The minimum Gasteiger partial charge on any atom is -0.486 e. The number of nitrogens with zero attached hydrogens (tertiary/aromatic N) is 2. The number of fused-ring (bicyclic) bond motifs is 1. The van der Waals surface area contributed by atoms with Crippen molar-refractivity contribution in [2.75, 3.05) is 10.8 Å². The first kappa shape index (κ1) is 26.6. The molecule has 0 fully saturated rings. The molecule has 1 aliphatic rings. The number of nitriles is 1. The van der Waals surface area contributed by atoms with Gasteiger partial charge in [-0.05, 0) is 77.8 Å². The zero-order valence-electron chi connectivity index (χ0n) is 21.5. The molecule has 3 rings (SSSR count). The molecule has 0 unspecified atom stereocenters. The number of sulfonamides is 1. The van der Waals surface area contributed by atoms with Crippen LogP contribution in [0.4, 0.5) is 5.69 Å². The first-order valence-corrected chi connectivity index (χ1v) is 13.1. The van der Waals surface area contributed by atoms with Crippen LogP contribution in [0.2, 0.25) is 0 Å². The molecule has 0 bridgehead atoms. The van der Waals surface area contributed by atoms with E-state index in [9.17, 15) is 18.5 Å². The molecule has 0 saturated carbocycles. The number of carbonyl (C=O) groups excluding carboxylic acids is 1. The fraction of sp³-hybridized carbons (Fsp3) is 0.481. The summed E-state index contributed by atoms with van der Waals surface area (Å²) < 4.78 is 40.7. The third-order valence-electron chi connectivity index (χ3n) is 5.82. The normalized spacial score (nSPS) is 16.2. The van der Waals surface area contributed by atoms with Gasteiger partial charge in [-0.1, -0.05) is 23.8 Å². The van der Waals surface area contributed by atoms with Crippen molar-refractivity contribution in [3.05, 3.63) is 53.1 Å². The lowest BCUT2D eigenvalue weighted by molar-refractivity contribution is -0.153. The van der Waals surface area contributed by atoms with E-state index in [1.807, 2.05) is 6.92 Å². The van der Waals surface area contributed by atoms with Crippen molar-refractivity contribution in [1.82, 2.24) is 0 Å². The second-order valence-electron chi connectivity index (χ2n) is 10.7. The van der Waals surface area contributed by atoms with Gasteiger partial charge in [0.2, 0.25) is 0 Å². The van der Waals surface area contributed by atoms with Gasteiger partial charge in [0.05, 0.1) is 35.0 Å². The van der Waals surface area contributed by atoms with Gasteiger partial charge in [-0.25, -0.2) is 8.42 Å². The van der Waals surface area contributed by atoms with Crippen LogP contribution in [-0.4, -0.2) is 32.6 Å². The van der Waals surface area contributed by atoms with Gasteiger partial charge in [-0.15, -0.1) is 0 Å². The van der Waals surface area contributed by atoms with Crippen molar-refractivity contribution in [1.29, 1.82) is 5.26 Å². The lowest BCUT2D eigenvalue weighted by Gasteiger charge is -2.38. The molecule has 2 aromatic rings. The predicted molar refractivity (Wildman–Crippen MR) is 135 cm³/mol. The van der Waals surface area contributed by atoms with Crippen molar-refractivity contribution in [3.8, 4) is 11.8 Å². The zero-order chi connectivity index (χ0) is 26.2. The topological polar surface area (TPSA) is 96.7 Å². The minimum absolute atomic E-state index is 0.0136. The molecular formula is C27H34N2O5S. The van der Waals surface area contributed by atoms with E-state index >= 15 is 0 Å². The summed E-state index contributed by atoms with van der Waals surface area (Å²) in [6.45, 7) is 12.8. The second kappa shape index (κ2) is 9.54. The largest absolute Gasteiger partial charge is 0.486 e. The highest BCUT2D eigenvalue weighted by atomic mass is 32.2. The average Bonchev–Trinajstić information content (AvgIpc) is 2.74. The number of anilines is 1. The molecule has 1 aliphatic heterocycles. The van der Waals surface area contributed by atoms with Crippen molar-refractivity contribution in [3.63, 3.8) is 0 Å². The predicted octanol–water partition coefficient (Wildman–Crippen LogP) is 5.08. The van der Waals surface area contributed by atoms with Crippen LogP contribution < -0.4 is 9.04 Å². The quantitative estimate of drug-likeness (QED) is 0.515. The smallest absolute Gasteiger partial charge is 0.310 e. The lowest BCUT2D eigenvalue weighted by atomic mass is 9.88. The molecule has 1 atom stereocenters. The summed E-state index contributed by atoms with van der Waals surface area (Å²) in [5.41, 5.74) is 1.37. The molecule has 0 spiro atoms. The molecule has 7 nitrogen and oxygen atoms in total. The number of benzene rings is 2. The van der Waals surface area contributed by atoms with Gasteiger partial charge in [0.25, 0.3) is 10.0 Å². The van der Waals surface area contributed by atoms with E-state index < -0.39 is 27.1 Å². The van der Waals surface area contributed by atoms with E-state index in [4.69, 9.17) is 9.47 Å². The number of hydrogen-bond acceptors (Lipinski definition) is 6. The molecule has 0 saturated heterocycles. The molecule has 0 aromatic heterocycles. The molecule has 2 aromatic carbocycles. The molecule has 0 amide bonds. The summed E-state index contributed by atoms with van der Waals surface area (Å²) in [5, 5.41) is 9.51. The maximum atomic E-state index is 13.8. The Morgan fingerprint density at radius 2 is 1.74 bits per heavy atom. The molecule has 1 heterocycles. The van der Waals surface area contributed by atoms with E-state index in [2.05, 4.69) is 6.07 Å². The lowest BCUT2D eigenvalue weighted by Crippen LogP contribution is -2.45. The van der Waals surface area contributed by atoms with Crippen LogP contribution in [0.3, 0.4) is 0 Å². The van der Waals surface area contributed by atoms with Crippen molar-refractivity contribution in [2.24, 2.45) is 5.41 Å². The molecule has 8 heteroatoms. The van der Waals surface area contributed by atoms with Crippen LogP contribution in [-0.2, 0) is 26.0 Å². The molecular weight excluding hydrogens is 464 g/mol. The van der Waals surface area contributed by atoms with E-state index in [0.29, 0.717) is 29.0 Å². The van der Waals surface area contributed by atoms with E-state index in [1.165, 1.54) is 4.31 Å². The Kier molecular flexibility index (Phi) is 7.24. The van der Waals surface area contributed by atoms with Crippen molar-refractivity contribution in [2.45, 2.75) is 77.9 Å². The molecule has 0 radical (unpaired) electrons. The summed E-state index contributed by atoms with van der Waals surface area (Å²) in [5.74, 6) is 0.0231. The average molecular weight is 499 g/mol. The van der Waals surface area contributed by atoms with Crippen LogP contribution in [0.25, 0.3) is 0 Å². The van der Waals surface area contributed by atoms with Gasteiger partial charge in [0.1, 0.15) is 17.5 Å².